The molecule has 2 rings (SSSR count). The van der Waals surface area contributed by atoms with Gasteiger partial charge in [0.25, 0.3) is 0 Å². The first kappa shape index (κ1) is 15.5. The number of carbonyl (C=O) groups is 1. The second-order valence-corrected chi connectivity index (χ2v) is 5.82. The highest BCUT2D eigenvalue weighted by Crippen LogP contribution is 2.16. The van der Waals surface area contributed by atoms with E-state index in [0.29, 0.717) is 23.7 Å². The molecule has 112 valence electrons. The minimum atomic E-state index is -0.0773. The van der Waals surface area contributed by atoms with Crippen molar-refractivity contribution in [2.75, 3.05) is 45.6 Å². The van der Waals surface area contributed by atoms with Gasteiger partial charge in [0, 0.05) is 13.1 Å². The van der Waals surface area contributed by atoms with Crippen LogP contribution in [0.3, 0.4) is 0 Å². The Balaban J connectivity index is 1.82. The van der Waals surface area contributed by atoms with Crippen LogP contribution in [-0.4, -0.2) is 56.0 Å². The van der Waals surface area contributed by atoms with Crippen molar-refractivity contribution in [2.45, 2.75) is 6.42 Å². The van der Waals surface area contributed by atoms with E-state index in [1.165, 1.54) is 6.42 Å². The van der Waals surface area contributed by atoms with Crippen molar-refractivity contribution < 1.29 is 4.79 Å². The number of benzene rings is 1. The van der Waals surface area contributed by atoms with Gasteiger partial charge in [0.15, 0.2) is 0 Å². The maximum atomic E-state index is 12.1. The Hall–Kier alpha value is -1.90. The van der Waals surface area contributed by atoms with Crippen LogP contribution in [0.4, 0.5) is 5.69 Å². The number of hydrogen-bond donors (Lipinski definition) is 1. The number of para-hydroxylation sites is 1. The van der Waals surface area contributed by atoms with Crippen LogP contribution >= 0.6 is 0 Å². The monoisotopic (exact) mass is 286 g/mol. The summed E-state index contributed by atoms with van der Waals surface area (Å²) in [5.74, 6) is 0.561. The van der Waals surface area contributed by atoms with Crippen LogP contribution in [0.15, 0.2) is 24.3 Å². The van der Waals surface area contributed by atoms with Crippen LogP contribution < -0.4 is 5.32 Å². The Bertz CT molecular complexity index is 537. The molecule has 1 aromatic rings. The third-order valence-electron chi connectivity index (χ3n) is 3.79. The molecule has 1 aliphatic rings. The molecule has 5 heteroatoms. The highest BCUT2D eigenvalue weighted by Gasteiger charge is 2.21. The first-order chi connectivity index (χ1) is 10.1. The van der Waals surface area contributed by atoms with E-state index in [-0.39, 0.29) is 5.91 Å². The van der Waals surface area contributed by atoms with Gasteiger partial charge in [-0.2, -0.15) is 5.26 Å². The summed E-state index contributed by atoms with van der Waals surface area (Å²) < 4.78 is 0. The zero-order chi connectivity index (χ0) is 15.2. The Morgan fingerprint density at radius 1 is 1.52 bits per heavy atom. The molecule has 1 aliphatic heterocycles. The van der Waals surface area contributed by atoms with E-state index >= 15 is 0 Å². The third kappa shape index (κ3) is 4.55. The molecular weight excluding hydrogens is 264 g/mol. The lowest BCUT2D eigenvalue weighted by Crippen LogP contribution is -2.34. The summed E-state index contributed by atoms with van der Waals surface area (Å²) >= 11 is 0. The SMILES string of the molecule is CN1CCC(CN(C)CC(=O)Nc2ccccc2C#N)C1. The molecule has 0 aliphatic carbocycles. The summed E-state index contributed by atoms with van der Waals surface area (Å²) in [7, 11) is 4.10. The number of nitriles is 1. The van der Waals surface area contributed by atoms with Crippen LogP contribution in [0, 0.1) is 17.2 Å². The molecule has 0 radical (unpaired) electrons. The minimum Gasteiger partial charge on any atom is -0.324 e. The maximum absolute atomic E-state index is 12.1. The molecule has 0 bridgehead atoms. The standard InChI is InChI=1S/C16H22N4O/c1-19-8-7-13(10-19)11-20(2)12-16(21)18-15-6-4-3-5-14(15)9-17/h3-6,13H,7-8,10-12H2,1-2H3,(H,18,21). The third-order valence-corrected chi connectivity index (χ3v) is 3.79. The summed E-state index contributed by atoms with van der Waals surface area (Å²) in [5, 5.41) is 11.8. The number of likely N-dealkylation sites (tertiary alicyclic amines) is 1. The predicted octanol–water partition coefficient (Wildman–Crippen LogP) is 1.38. The molecule has 1 atom stereocenters. The van der Waals surface area contributed by atoms with E-state index in [9.17, 15) is 4.79 Å². The van der Waals surface area contributed by atoms with Gasteiger partial charge in [-0.05, 0) is 45.1 Å². The normalized spacial score (nSPS) is 18.7. The lowest BCUT2D eigenvalue weighted by atomic mass is 10.1. The molecule has 1 aromatic carbocycles. The average Bonchev–Trinajstić information content (AvgIpc) is 2.84. The van der Waals surface area contributed by atoms with Crippen LogP contribution in [0.1, 0.15) is 12.0 Å². The van der Waals surface area contributed by atoms with Crippen molar-refractivity contribution in [3.63, 3.8) is 0 Å². The number of anilines is 1. The second-order valence-electron chi connectivity index (χ2n) is 5.82. The van der Waals surface area contributed by atoms with E-state index < -0.39 is 0 Å². The van der Waals surface area contributed by atoms with Crippen LogP contribution in [0.5, 0.6) is 0 Å². The fraction of sp³-hybridized carbons (Fsp3) is 0.500. The maximum Gasteiger partial charge on any atom is 0.238 e. The molecule has 1 N–H and O–H groups in total. The fourth-order valence-corrected chi connectivity index (χ4v) is 2.81. The van der Waals surface area contributed by atoms with Gasteiger partial charge in [-0.15, -0.1) is 0 Å². The molecule has 0 spiro atoms. The average molecular weight is 286 g/mol. The predicted molar refractivity (Wildman–Crippen MR) is 82.9 cm³/mol. The molecule has 1 saturated heterocycles. The molecule has 1 fully saturated rings. The molecule has 1 heterocycles. The highest BCUT2D eigenvalue weighted by atomic mass is 16.2. The number of hydrogen-bond acceptors (Lipinski definition) is 4. The van der Waals surface area contributed by atoms with Crippen molar-refractivity contribution in [1.29, 1.82) is 5.26 Å². The number of likely N-dealkylation sites (N-methyl/N-ethyl adjacent to an activating group) is 1. The van der Waals surface area contributed by atoms with Crippen LogP contribution in [0.2, 0.25) is 0 Å². The second kappa shape index (κ2) is 7.21. The van der Waals surface area contributed by atoms with Gasteiger partial charge in [-0.1, -0.05) is 12.1 Å². The van der Waals surface area contributed by atoms with Crippen LogP contribution in [0.25, 0.3) is 0 Å². The van der Waals surface area contributed by atoms with Crippen LogP contribution in [-0.2, 0) is 4.79 Å². The Morgan fingerprint density at radius 2 is 2.29 bits per heavy atom. The summed E-state index contributed by atoms with van der Waals surface area (Å²) in [4.78, 5) is 16.4. The van der Waals surface area contributed by atoms with Gasteiger partial charge in [-0.25, -0.2) is 0 Å². The van der Waals surface area contributed by atoms with E-state index in [2.05, 4.69) is 23.3 Å². The number of nitrogens with one attached hydrogen (secondary N) is 1. The fourth-order valence-electron chi connectivity index (χ4n) is 2.81. The van der Waals surface area contributed by atoms with Crippen molar-refractivity contribution in [2.24, 2.45) is 5.92 Å². The number of carbonyl (C=O) groups excluding carboxylic acids is 1. The number of nitrogens with zero attached hydrogens (tertiary/aromatic N) is 3. The molecule has 0 saturated carbocycles. The highest BCUT2D eigenvalue weighted by molar-refractivity contribution is 5.93. The molecule has 0 aromatic heterocycles. The summed E-state index contributed by atoms with van der Waals surface area (Å²) in [5.41, 5.74) is 1.07. The number of amides is 1. The minimum absolute atomic E-state index is 0.0773. The smallest absolute Gasteiger partial charge is 0.238 e. The molecule has 1 amide bonds. The first-order valence-electron chi connectivity index (χ1n) is 7.24. The van der Waals surface area contributed by atoms with Gasteiger partial charge in [-0.3, -0.25) is 9.69 Å². The lowest BCUT2D eigenvalue weighted by Gasteiger charge is -2.20. The molecule has 5 nitrogen and oxygen atoms in total. The van der Waals surface area contributed by atoms with Gasteiger partial charge >= 0.3 is 0 Å². The first-order valence-corrected chi connectivity index (χ1v) is 7.24. The summed E-state index contributed by atoms with van der Waals surface area (Å²) in [6, 6.07) is 9.14. The Labute approximate surface area is 126 Å². The van der Waals surface area contributed by atoms with Crippen molar-refractivity contribution in [3.8, 4) is 6.07 Å². The summed E-state index contributed by atoms with van der Waals surface area (Å²) in [6.45, 7) is 3.51. The lowest BCUT2D eigenvalue weighted by molar-refractivity contribution is -0.117. The van der Waals surface area contributed by atoms with E-state index in [4.69, 9.17) is 5.26 Å². The summed E-state index contributed by atoms with van der Waals surface area (Å²) in [6.07, 6.45) is 1.19. The van der Waals surface area contributed by atoms with Crippen molar-refractivity contribution in [3.05, 3.63) is 29.8 Å². The molecule has 21 heavy (non-hydrogen) atoms. The Kier molecular flexibility index (Phi) is 5.32. The topological polar surface area (TPSA) is 59.4 Å². The van der Waals surface area contributed by atoms with Gasteiger partial charge in [0.1, 0.15) is 6.07 Å². The molecular formula is C16H22N4O. The van der Waals surface area contributed by atoms with Gasteiger partial charge in [0.2, 0.25) is 5.91 Å². The molecule has 1 unspecified atom stereocenters. The van der Waals surface area contributed by atoms with Crippen molar-refractivity contribution in [1.82, 2.24) is 9.80 Å². The largest absolute Gasteiger partial charge is 0.324 e. The quantitative estimate of drug-likeness (QED) is 0.888. The van der Waals surface area contributed by atoms with E-state index in [1.54, 1.807) is 18.2 Å². The van der Waals surface area contributed by atoms with E-state index in [1.807, 2.05) is 18.0 Å². The van der Waals surface area contributed by atoms with Gasteiger partial charge < -0.3 is 10.2 Å². The zero-order valence-electron chi connectivity index (χ0n) is 12.7. The number of rotatable bonds is 5. The Morgan fingerprint density at radius 3 is 2.95 bits per heavy atom. The zero-order valence-corrected chi connectivity index (χ0v) is 12.7. The van der Waals surface area contributed by atoms with Crippen molar-refractivity contribution >= 4 is 11.6 Å². The van der Waals surface area contributed by atoms with E-state index in [0.717, 1.165) is 19.6 Å². The van der Waals surface area contributed by atoms with Gasteiger partial charge in [0.05, 0.1) is 17.8 Å².